The number of benzene rings is 2. The number of amides is 3. The Kier molecular flexibility index (Phi) is 10.2. The lowest BCUT2D eigenvalue weighted by molar-refractivity contribution is -0.163. The SMILES string of the molecule is CC(C)(C)OC(=O)[C@H]1CCCN1C(=O)[C@H](Cc1ccccc1)NC(=O)C1(NC(=O)OCc2ccccc2)CCCCC1. The molecule has 226 valence electrons. The van der Waals surface area contributed by atoms with Crippen LogP contribution >= 0.6 is 0 Å². The van der Waals surface area contributed by atoms with Gasteiger partial charge in [-0.2, -0.15) is 0 Å². The second-order valence-electron chi connectivity index (χ2n) is 12.3. The van der Waals surface area contributed by atoms with Gasteiger partial charge in [0.05, 0.1) is 0 Å². The van der Waals surface area contributed by atoms with E-state index in [0.717, 1.165) is 30.4 Å². The van der Waals surface area contributed by atoms with Crippen LogP contribution in [0.25, 0.3) is 0 Å². The van der Waals surface area contributed by atoms with E-state index in [2.05, 4.69) is 10.6 Å². The van der Waals surface area contributed by atoms with Crippen molar-refractivity contribution in [3.8, 4) is 0 Å². The summed E-state index contributed by atoms with van der Waals surface area (Å²) in [6, 6.07) is 17.2. The molecule has 2 aromatic carbocycles. The van der Waals surface area contributed by atoms with E-state index < -0.39 is 41.2 Å². The summed E-state index contributed by atoms with van der Waals surface area (Å²) >= 11 is 0. The minimum atomic E-state index is -1.20. The van der Waals surface area contributed by atoms with Crippen molar-refractivity contribution >= 4 is 23.9 Å². The Morgan fingerprint density at radius 1 is 0.905 bits per heavy atom. The van der Waals surface area contributed by atoms with Crippen molar-refractivity contribution in [2.75, 3.05) is 6.54 Å². The minimum Gasteiger partial charge on any atom is -0.458 e. The summed E-state index contributed by atoms with van der Waals surface area (Å²) in [6.45, 7) is 5.88. The molecule has 0 aromatic heterocycles. The Labute approximate surface area is 248 Å². The fourth-order valence-electron chi connectivity index (χ4n) is 5.71. The largest absolute Gasteiger partial charge is 0.458 e. The zero-order chi connectivity index (χ0) is 30.2. The molecule has 9 nitrogen and oxygen atoms in total. The van der Waals surface area contributed by atoms with Crippen molar-refractivity contribution in [1.29, 1.82) is 0 Å². The van der Waals surface area contributed by atoms with Crippen molar-refractivity contribution < 1.29 is 28.7 Å². The maximum atomic E-state index is 14.0. The molecule has 0 radical (unpaired) electrons. The number of carbonyl (C=O) groups excluding carboxylic acids is 4. The van der Waals surface area contributed by atoms with Crippen LogP contribution < -0.4 is 10.6 Å². The topological polar surface area (TPSA) is 114 Å². The lowest BCUT2D eigenvalue weighted by Crippen LogP contribution is -2.63. The van der Waals surface area contributed by atoms with Gasteiger partial charge < -0.3 is 25.0 Å². The summed E-state index contributed by atoms with van der Waals surface area (Å²) in [4.78, 5) is 55.5. The zero-order valence-corrected chi connectivity index (χ0v) is 24.9. The molecule has 2 aliphatic rings. The van der Waals surface area contributed by atoms with Crippen LogP contribution in [-0.2, 0) is 36.9 Å². The van der Waals surface area contributed by atoms with Crippen LogP contribution in [0.2, 0.25) is 0 Å². The molecular formula is C33H43N3O6. The van der Waals surface area contributed by atoms with E-state index in [0.29, 0.717) is 32.2 Å². The standard InChI is InChI=1S/C33H43N3O6/c1-32(2,3)42-29(38)27-18-13-21-36(27)28(37)26(22-24-14-7-4-8-15-24)34-30(39)33(19-11-6-12-20-33)35-31(40)41-23-25-16-9-5-10-17-25/h4-5,7-10,14-17,26-27H,6,11-13,18-23H2,1-3H3,(H,34,39)(H,35,40)/t26-,27+/m0/s1. The summed E-state index contributed by atoms with van der Waals surface area (Å²) in [6.07, 6.45) is 4.10. The van der Waals surface area contributed by atoms with E-state index in [1.54, 1.807) is 20.8 Å². The Bertz CT molecular complexity index is 1220. The van der Waals surface area contributed by atoms with Gasteiger partial charge in [-0.1, -0.05) is 79.9 Å². The number of alkyl carbamates (subject to hydrolysis) is 1. The van der Waals surface area contributed by atoms with Crippen molar-refractivity contribution in [2.45, 2.75) is 102 Å². The molecule has 0 unspecified atom stereocenters. The van der Waals surface area contributed by atoms with E-state index in [1.165, 1.54) is 4.90 Å². The fourth-order valence-corrected chi connectivity index (χ4v) is 5.71. The minimum absolute atomic E-state index is 0.0838. The number of carbonyl (C=O) groups is 4. The highest BCUT2D eigenvalue weighted by molar-refractivity contribution is 5.95. The van der Waals surface area contributed by atoms with Crippen molar-refractivity contribution in [1.82, 2.24) is 15.5 Å². The van der Waals surface area contributed by atoms with Crippen molar-refractivity contribution in [3.05, 3.63) is 71.8 Å². The van der Waals surface area contributed by atoms with Gasteiger partial charge in [0.2, 0.25) is 11.8 Å². The van der Waals surface area contributed by atoms with Crippen LogP contribution in [0.15, 0.2) is 60.7 Å². The summed E-state index contributed by atoms with van der Waals surface area (Å²) < 4.78 is 11.1. The zero-order valence-electron chi connectivity index (χ0n) is 24.9. The molecule has 0 bridgehead atoms. The summed E-state index contributed by atoms with van der Waals surface area (Å²) in [7, 11) is 0. The normalized spacial score (nSPS) is 18.9. The molecule has 1 aliphatic carbocycles. The van der Waals surface area contributed by atoms with Gasteiger partial charge in [-0.3, -0.25) is 9.59 Å². The van der Waals surface area contributed by atoms with Gasteiger partial charge in [0.1, 0.15) is 29.8 Å². The maximum Gasteiger partial charge on any atom is 0.408 e. The van der Waals surface area contributed by atoms with Gasteiger partial charge in [0.15, 0.2) is 0 Å². The number of esters is 1. The van der Waals surface area contributed by atoms with E-state index in [9.17, 15) is 19.2 Å². The van der Waals surface area contributed by atoms with Crippen LogP contribution in [0.4, 0.5) is 4.79 Å². The summed E-state index contributed by atoms with van der Waals surface area (Å²) in [5.74, 6) is -1.19. The highest BCUT2D eigenvalue weighted by Crippen LogP contribution is 2.30. The molecule has 2 aromatic rings. The number of rotatable bonds is 9. The Morgan fingerprint density at radius 2 is 1.52 bits per heavy atom. The Morgan fingerprint density at radius 3 is 2.14 bits per heavy atom. The highest BCUT2D eigenvalue weighted by atomic mass is 16.6. The molecule has 1 saturated heterocycles. The molecule has 2 fully saturated rings. The lowest BCUT2D eigenvalue weighted by atomic mass is 9.80. The molecule has 9 heteroatoms. The first-order chi connectivity index (χ1) is 20.1. The summed E-state index contributed by atoms with van der Waals surface area (Å²) in [5, 5.41) is 5.85. The number of likely N-dealkylation sites (tertiary alicyclic amines) is 1. The van der Waals surface area contributed by atoms with Crippen molar-refractivity contribution in [3.63, 3.8) is 0 Å². The van der Waals surface area contributed by atoms with Crippen LogP contribution in [0.5, 0.6) is 0 Å². The first kappa shape index (κ1) is 31.1. The molecule has 42 heavy (non-hydrogen) atoms. The van der Waals surface area contributed by atoms with E-state index in [4.69, 9.17) is 9.47 Å². The smallest absolute Gasteiger partial charge is 0.408 e. The number of hydrogen-bond acceptors (Lipinski definition) is 6. The molecule has 1 aliphatic heterocycles. The second-order valence-corrected chi connectivity index (χ2v) is 12.3. The molecular weight excluding hydrogens is 534 g/mol. The number of hydrogen-bond donors (Lipinski definition) is 2. The first-order valence-electron chi connectivity index (χ1n) is 14.9. The predicted molar refractivity (Wildman–Crippen MR) is 158 cm³/mol. The van der Waals surface area contributed by atoms with Gasteiger partial charge >= 0.3 is 12.1 Å². The lowest BCUT2D eigenvalue weighted by Gasteiger charge is -2.38. The van der Waals surface area contributed by atoms with Crippen LogP contribution in [0, 0.1) is 0 Å². The molecule has 2 N–H and O–H groups in total. The molecule has 2 atom stereocenters. The van der Waals surface area contributed by atoms with Crippen molar-refractivity contribution in [2.24, 2.45) is 0 Å². The van der Waals surface area contributed by atoms with E-state index in [1.807, 2.05) is 60.7 Å². The van der Waals surface area contributed by atoms with Gasteiger partial charge in [0, 0.05) is 13.0 Å². The van der Waals surface area contributed by atoms with Gasteiger partial charge in [0.25, 0.3) is 0 Å². The Hall–Kier alpha value is -3.88. The molecule has 3 amide bonds. The third kappa shape index (κ3) is 8.33. The first-order valence-corrected chi connectivity index (χ1v) is 14.9. The maximum absolute atomic E-state index is 14.0. The van der Waals surface area contributed by atoms with Crippen LogP contribution in [0.1, 0.15) is 76.8 Å². The monoisotopic (exact) mass is 577 g/mol. The van der Waals surface area contributed by atoms with E-state index in [-0.39, 0.29) is 18.9 Å². The van der Waals surface area contributed by atoms with Gasteiger partial charge in [-0.15, -0.1) is 0 Å². The third-order valence-electron chi connectivity index (χ3n) is 7.80. The molecule has 1 saturated carbocycles. The predicted octanol–water partition coefficient (Wildman–Crippen LogP) is 4.68. The molecule has 1 heterocycles. The number of ether oxygens (including phenoxy) is 2. The second kappa shape index (κ2) is 13.9. The average Bonchev–Trinajstić information content (AvgIpc) is 3.46. The Balaban J connectivity index is 1.52. The van der Waals surface area contributed by atoms with Gasteiger partial charge in [-0.25, -0.2) is 9.59 Å². The fraction of sp³-hybridized carbons (Fsp3) is 0.515. The van der Waals surface area contributed by atoms with Gasteiger partial charge in [-0.05, 0) is 57.6 Å². The third-order valence-corrected chi connectivity index (χ3v) is 7.80. The quantitative estimate of drug-likeness (QED) is 0.419. The number of nitrogens with zero attached hydrogens (tertiary/aromatic N) is 1. The molecule has 0 spiro atoms. The average molecular weight is 578 g/mol. The highest BCUT2D eigenvalue weighted by Gasteiger charge is 2.45. The van der Waals surface area contributed by atoms with Crippen LogP contribution in [-0.4, -0.2) is 58.5 Å². The molecule has 4 rings (SSSR count). The number of nitrogens with one attached hydrogen (secondary N) is 2. The van der Waals surface area contributed by atoms with E-state index >= 15 is 0 Å². The van der Waals surface area contributed by atoms with Crippen LogP contribution in [0.3, 0.4) is 0 Å². The summed E-state index contributed by atoms with van der Waals surface area (Å²) in [5.41, 5.74) is -0.164.